The molecule has 1 heterocycles. The summed E-state index contributed by atoms with van der Waals surface area (Å²) < 4.78 is 23.4. The molecule has 128 valence electrons. The summed E-state index contributed by atoms with van der Waals surface area (Å²) in [5.74, 6) is 0.506. The Morgan fingerprint density at radius 3 is 2.48 bits per heavy atom. The molecule has 3 aromatic rings. The number of methoxy groups -OCH3 is 2. The maximum absolute atomic E-state index is 12.9. The zero-order chi connectivity index (χ0) is 17.8. The maximum Gasteiger partial charge on any atom is 0.257 e. The number of thiazole rings is 1. The molecule has 1 aromatic heterocycles. The molecule has 0 saturated carbocycles. The molecule has 3 rings (SSSR count). The SMILES string of the molecule is COc1ccc(-c2csc(NC(=O)c3ccc(F)cc3)n2)cc1OC. The van der Waals surface area contributed by atoms with Gasteiger partial charge in [-0.2, -0.15) is 0 Å². The van der Waals surface area contributed by atoms with E-state index in [1.54, 1.807) is 20.3 Å². The minimum atomic E-state index is -0.387. The topological polar surface area (TPSA) is 60.5 Å². The normalized spacial score (nSPS) is 10.4. The highest BCUT2D eigenvalue weighted by atomic mass is 32.1. The Hall–Kier alpha value is -2.93. The Kier molecular flexibility index (Phi) is 4.95. The maximum atomic E-state index is 12.9. The highest BCUT2D eigenvalue weighted by Gasteiger charge is 2.12. The van der Waals surface area contributed by atoms with Crippen LogP contribution < -0.4 is 14.8 Å². The van der Waals surface area contributed by atoms with Crippen molar-refractivity contribution in [1.29, 1.82) is 0 Å². The molecule has 0 radical (unpaired) electrons. The van der Waals surface area contributed by atoms with E-state index in [1.165, 1.54) is 35.6 Å². The number of rotatable bonds is 5. The number of halogens is 1. The molecule has 25 heavy (non-hydrogen) atoms. The van der Waals surface area contributed by atoms with Gasteiger partial charge in [-0.15, -0.1) is 11.3 Å². The van der Waals surface area contributed by atoms with Gasteiger partial charge in [0.25, 0.3) is 5.91 Å². The van der Waals surface area contributed by atoms with E-state index in [0.717, 1.165) is 5.56 Å². The van der Waals surface area contributed by atoms with Crippen molar-refractivity contribution in [2.24, 2.45) is 0 Å². The summed E-state index contributed by atoms with van der Waals surface area (Å²) in [6, 6.07) is 10.8. The van der Waals surface area contributed by atoms with Crippen LogP contribution in [0.1, 0.15) is 10.4 Å². The largest absolute Gasteiger partial charge is 0.493 e. The molecule has 0 fully saturated rings. The highest BCUT2D eigenvalue weighted by Crippen LogP contribution is 2.33. The van der Waals surface area contributed by atoms with E-state index in [1.807, 2.05) is 17.5 Å². The highest BCUT2D eigenvalue weighted by molar-refractivity contribution is 7.14. The van der Waals surface area contributed by atoms with Gasteiger partial charge in [0.2, 0.25) is 0 Å². The predicted molar refractivity (Wildman–Crippen MR) is 95.0 cm³/mol. The molecule has 1 N–H and O–H groups in total. The third kappa shape index (κ3) is 3.77. The number of anilines is 1. The van der Waals surface area contributed by atoms with E-state index in [-0.39, 0.29) is 11.7 Å². The van der Waals surface area contributed by atoms with Gasteiger partial charge in [-0.05, 0) is 42.5 Å². The first-order valence-corrected chi connectivity index (χ1v) is 8.23. The van der Waals surface area contributed by atoms with Gasteiger partial charge >= 0.3 is 0 Å². The summed E-state index contributed by atoms with van der Waals surface area (Å²) in [5.41, 5.74) is 1.92. The van der Waals surface area contributed by atoms with E-state index in [0.29, 0.717) is 27.9 Å². The summed E-state index contributed by atoms with van der Waals surface area (Å²) in [7, 11) is 3.14. The minimum absolute atomic E-state index is 0.340. The second-order valence-electron chi connectivity index (χ2n) is 5.07. The van der Waals surface area contributed by atoms with Gasteiger partial charge in [0.15, 0.2) is 16.6 Å². The minimum Gasteiger partial charge on any atom is -0.493 e. The van der Waals surface area contributed by atoms with Crippen LogP contribution >= 0.6 is 11.3 Å². The molecule has 2 aromatic carbocycles. The predicted octanol–water partition coefficient (Wildman–Crippen LogP) is 4.22. The van der Waals surface area contributed by atoms with Crippen LogP contribution in [0, 0.1) is 5.82 Å². The van der Waals surface area contributed by atoms with E-state index < -0.39 is 0 Å². The number of nitrogens with zero attached hydrogens (tertiary/aromatic N) is 1. The van der Waals surface area contributed by atoms with E-state index in [9.17, 15) is 9.18 Å². The standard InChI is InChI=1S/C18H15FN2O3S/c1-23-15-8-5-12(9-16(15)24-2)14-10-25-18(20-14)21-17(22)11-3-6-13(19)7-4-11/h3-10H,1-2H3,(H,20,21,22). The first-order valence-electron chi connectivity index (χ1n) is 7.35. The van der Waals surface area contributed by atoms with Gasteiger partial charge < -0.3 is 9.47 Å². The summed E-state index contributed by atoms with van der Waals surface area (Å²) in [4.78, 5) is 16.6. The number of carbonyl (C=O) groups is 1. The van der Waals surface area contributed by atoms with E-state index in [2.05, 4.69) is 10.3 Å². The number of hydrogen-bond acceptors (Lipinski definition) is 5. The second kappa shape index (κ2) is 7.31. The molecular weight excluding hydrogens is 343 g/mol. The van der Waals surface area contributed by atoms with Crippen LogP contribution in [0.4, 0.5) is 9.52 Å². The van der Waals surface area contributed by atoms with Crippen LogP contribution in [0.25, 0.3) is 11.3 Å². The van der Waals surface area contributed by atoms with Crippen LogP contribution in [0.3, 0.4) is 0 Å². The third-order valence-corrected chi connectivity index (χ3v) is 4.27. The van der Waals surface area contributed by atoms with E-state index >= 15 is 0 Å². The lowest BCUT2D eigenvalue weighted by Crippen LogP contribution is -2.11. The number of carbonyl (C=O) groups excluding carboxylic acids is 1. The van der Waals surface area contributed by atoms with Gasteiger partial charge in [0.05, 0.1) is 19.9 Å². The number of aromatic nitrogens is 1. The van der Waals surface area contributed by atoms with Gasteiger partial charge in [0.1, 0.15) is 5.82 Å². The van der Waals surface area contributed by atoms with Gasteiger partial charge in [-0.1, -0.05) is 0 Å². The Morgan fingerprint density at radius 2 is 1.80 bits per heavy atom. The molecule has 0 unspecified atom stereocenters. The average Bonchev–Trinajstić information content (AvgIpc) is 3.10. The number of ether oxygens (including phenoxy) is 2. The molecule has 0 aliphatic carbocycles. The fourth-order valence-electron chi connectivity index (χ4n) is 2.23. The van der Waals surface area contributed by atoms with Crippen LogP contribution in [0.5, 0.6) is 11.5 Å². The summed E-state index contributed by atoms with van der Waals surface area (Å²) in [5, 5.41) is 5.00. The van der Waals surface area contributed by atoms with Gasteiger partial charge in [-0.25, -0.2) is 9.37 Å². The molecule has 0 saturated heterocycles. The van der Waals surface area contributed by atoms with Crippen molar-refractivity contribution in [3.63, 3.8) is 0 Å². The summed E-state index contributed by atoms with van der Waals surface area (Å²) in [6.45, 7) is 0. The van der Waals surface area contributed by atoms with Crippen molar-refractivity contribution in [3.8, 4) is 22.8 Å². The summed E-state index contributed by atoms with van der Waals surface area (Å²) in [6.07, 6.45) is 0. The molecule has 1 amide bonds. The van der Waals surface area contributed by atoms with Crippen LogP contribution in [0.15, 0.2) is 47.8 Å². The first kappa shape index (κ1) is 16.9. The second-order valence-corrected chi connectivity index (χ2v) is 5.93. The molecule has 0 spiro atoms. The summed E-state index contributed by atoms with van der Waals surface area (Å²) >= 11 is 1.30. The smallest absolute Gasteiger partial charge is 0.257 e. The fourth-order valence-corrected chi connectivity index (χ4v) is 2.94. The number of nitrogens with one attached hydrogen (secondary N) is 1. The molecule has 0 aliphatic heterocycles. The zero-order valence-electron chi connectivity index (χ0n) is 13.6. The Morgan fingerprint density at radius 1 is 1.08 bits per heavy atom. The van der Waals surface area contributed by atoms with Crippen LogP contribution in [0.2, 0.25) is 0 Å². The molecule has 0 bridgehead atoms. The molecule has 0 atom stereocenters. The monoisotopic (exact) mass is 358 g/mol. The lowest BCUT2D eigenvalue weighted by atomic mass is 10.1. The molecule has 5 nitrogen and oxygen atoms in total. The molecule has 0 aliphatic rings. The zero-order valence-corrected chi connectivity index (χ0v) is 14.4. The Bertz CT molecular complexity index is 894. The lowest BCUT2D eigenvalue weighted by Gasteiger charge is -2.08. The van der Waals surface area contributed by atoms with Crippen molar-refractivity contribution in [1.82, 2.24) is 4.98 Å². The van der Waals surface area contributed by atoms with Crippen LogP contribution in [-0.4, -0.2) is 25.1 Å². The van der Waals surface area contributed by atoms with Gasteiger partial charge in [-0.3, -0.25) is 10.1 Å². The quantitative estimate of drug-likeness (QED) is 0.742. The molecule has 7 heteroatoms. The average molecular weight is 358 g/mol. The van der Waals surface area contributed by atoms with Crippen molar-refractivity contribution in [3.05, 3.63) is 59.2 Å². The molecular formula is C18H15FN2O3S. The number of hydrogen-bond donors (Lipinski definition) is 1. The van der Waals surface area contributed by atoms with Crippen LogP contribution in [-0.2, 0) is 0 Å². The van der Waals surface area contributed by atoms with E-state index in [4.69, 9.17) is 9.47 Å². The van der Waals surface area contributed by atoms with Crippen molar-refractivity contribution < 1.29 is 18.7 Å². The Labute approximate surface area is 148 Å². The Balaban J connectivity index is 1.78. The first-order chi connectivity index (χ1) is 12.1. The number of amides is 1. The lowest BCUT2D eigenvalue weighted by molar-refractivity contribution is 0.102. The van der Waals surface area contributed by atoms with Crippen molar-refractivity contribution >= 4 is 22.4 Å². The van der Waals surface area contributed by atoms with Gasteiger partial charge in [0, 0.05) is 16.5 Å². The van der Waals surface area contributed by atoms with Crippen molar-refractivity contribution in [2.45, 2.75) is 0 Å². The number of benzene rings is 2. The fraction of sp³-hybridized carbons (Fsp3) is 0.111. The third-order valence-electron chi connectivity index (χ3n) is 3.51. The van der Waals surface area contributed by atoms with Crippen molar-refractivity contribution in [2.75, 3.05) is 19.5 Å².